The maximum atomic E-state index is 13.7. The number of morpholine rings is 1. The number of thiophene rings is 1. The van der Waals surface area contributed by atoms with E-state index >= 15 is 0 Å². The molecule has 34 heavy (non-hydrogen) atoms. The van der Waals surface area contributed by atoms with Crippen LogP contribution in [0.3, 0.4) is 0 Å². The van der Waals surface area contributed by atoms with Gasteiger partial charge < -0.3 is 9.64 Å². The zero-order valence-electron chi connectivity index (χ0n) is 18.3. The average molecular weight is 511 g/mol. The number of hydrogen-bond donors (Lipinski definition) is 1. The van der Waals surface area contributed by atoms with Crippen molar-refractivity contribution in [3.63, 3.8) is 0 Å². The van der Waals surface area contributed by atoms with Crippen LogP contribution in [0.4, 0.5) is 5.69 Å². The molecule has 174 valence electrons. The van der Waals surface area contributed by atoms with Crippen molar-refractivity contribution in [3.8, 4) is 0 Å². The molecule has 0 N–H and O–H groups in total. The molecule has 1 amide bonds. The van der Waals surface area contributed by atoms with Gasteiger partial charge in [-0.1, -0.05) is 54.7 Å². The summed E-state index contributed by atoms with van der Waals surface area (Å²) in [5.74, 6) is -1.48. The van der Waals surface area contributed by atoms with Crippen LogP contribution in [0.1, 0.15) is 35.4 Å². The second-order valence-corrected chi connectivity index (χ2v) is 10.8. The number of hydrogen-bond acceptors (Lipinski definition) is 6. The van der Waals surface area contributed by atoms with Gasteiger partial charge >= 0.3 is 0 Å². The topological polar surface area (TPSA) is 49.9 Å². The summed E-state index contributed by atoms with van der Waals surface area (Å²) in [7, 11) is 0. The highest BCUT2D eigenvalue weighted by Gasteiger charge is 2.53. The third kappa shape index (κ3) is 3.33. The van der Waals surface area contributed by atoms with E-state index in [-0.39, 0.29) is 18.1 Å². The number of piperidine rings is 1. The molecule has 0 spiro atoms. The number of thiol groups is 1. The molecule has 0 radical (unpaired) electrons. The van der Waals surface area contributed by atoms with Crippen LogP contribution in [-0.2, 0) is 19.9 Å². The second-order valence-electron chi connectivity index (χ2n) is 9.16. The lowest BCUT2D eigenvalue weighted by Crippen LogP contribution is -2.54. The van der Waals surface area contributed by atoms with E-state index < -0.39 is 11.5 Å². The van der Waals surface area contributed by atoms with Crippen LogP contribution in [0, 0.1) is 0 Å². The van der Waals surface area contributed by atoms with Crippen molar-refractivity contribution in [2.75, 3.05) is 18.1 Å². The minimum Gasteiger partial charge on any atom is -0.374 e. The molecule has 6 rings (SSSR count). The molecule has 3 aliphatic heterocycles. The Bertz CT molecular complexity index is 1250. The molecule has 4 unspecified atom stereocenters. The molecule has 5 nitrogen and oxygen atoms in total. The molecule has 3 fully saturated rings. The molecule has 3 aromatic rings. The van der Waals surface area contributed by atoms with Crippen molar-refractivity contribution in [2.24, 2.45) is 0 Å². The minimum atomic E-state index is -0.985. The van der Waals surface area contributed by atoms with Crippen LogP contribution in [0.5, 0.6) is 0 Å². The van der Waals surface area contributed by atoms with Crippen molar-refractivity contribution >= 4 is 53.1 Å². The summed E-state index contributed by atoms with van der Waals surface area (Å²) < 4.78 is 7.19. The number of carbonyl (C=O) groups is 2. The highest BCUT2D eigenvalue weighted by molar-refractivity contribution is 7.78. The van der Waals surface area contributed by atoms with E-state index in [1.54, 1.807) is 24.3 Å². The molecule has 0 aliphatic carbocycles. The van der Waals surface area contributed by atoms with Gasteiger partial charge in [-0.2, -0.15) is 11.3 Å². The molecular weight excluding hydrogens is 488 g/mol. The van der Waals surface area contributed by atoms with Gasteiger partial charge in [0.15, 0.2) is 5.78 Å². The Kier molecular flexibility index (Phi) is 5.48. The van der Waals surface area contributed by atoms with E-state index in [1.807, 2.05) is 29.0 Å². The molecule has 4 heterocycles. The SMILES string of the molecule is O=C1CC(c2ccc(N3CC4CC3CO4)cc2)(c2ccsc2)N(S)C(=O)C1c1ccccc1Cl. The largest absolute Gasteiger partial charge is 0.374 e. The Morgan fingerprint density at radius 3 is 2.50 bits per heavy atom. The minimum absolute atomic E-state index is 0.121. The molecule has 2 bridgehead atoms. The number of carbonyl (C=O) groups excluding carboxylic acids is 2. The quantitative estimate of drug-likeness (QED) is 0.394. The fourth-order valence-corrected chi connectivity index (χ4v) is 7.04. The summed E-state index contributed by atoms with van der Waals surface area (Å²) in [6.07, 6.45) is 1.50. The van der Waals surface area contributed by atoms with Crippen molar-refractivity contribution in [1.82, 2.24) is 4.31 Å². The third-order valence-electron chi connectivity index (χ3n) is 7.36. The number of ketones is 1. The van der Waals surface area contributed by atoms with E-state index in [0.717, 1.165) is 36.4 Å². The molecule has 8 heteroatoms. The Morgan fingerprint density at radius 1 is 1.06 bits per heavy atom. The Morgan fingerprint density at radius 2 is 1.85 bits per heavy atom. The van der Waals surface area contributed by atoms with E-state index in [2.05, 4.69) is 17.0 Å². The summed E-state index contributed by atoms with van der Waals surface area (Å²) in [4.78, 5) is 29.7. The molecule has 0 saturated carbocycles. The second kappa shape index (κ2) is 8.41. The van der Waals surface area contributed by atoms with E-state index in [4.69, 9.17) is 29.2 Å². The molecule has 1 aromatic heterocycles. The molecule has 3 aliphatic rings. The van der Waals surface area contributed by atoms with Crippen molar-refractivity contribution in [2.45, 2.75) is 36.4 Å². The van der Waals surface area contributed by atoms with E-state index in [1.165, 1.54) is 15.6 Å². The number of Topliss-reactive ketones (excluding diaryl/α,β-unsaturated/α-hetero) is 1. The smallest absolute Gasteiger partial charge is 0.248 e. The van der Waals surface area contributed by atoms with Gasteiger partial charge in [0.2, 0.25) is 5.91 Å². The van der Waals surface area contributed by atoms with Crippen LogP contribution < -0.4 is 4.90 Å². The lowest BCUT2D eigenvalue weighted by atomic mass is 9.73. The zero-order valence-corrected chi connectivity index (χ0v) is 20.7. The van der Waals surface area contributed by atoms with E-state index in [0.29, 0.717) is 22.7 Å². The van der Waals surface area contributed by atoms with Crippen LogP contribution in [-0.4, -0.2) is 41.3 Å². The zero-order chi connectivity index (χ0) is 23.4. The first-order valence-electron chi connectivity index (χ1n) is 11.3. The number of anilines is 1. The number of rotatable bonds is 4. The van der Waals surface area contributed by atoms with Gasteiger partial charge in [0.25, 0.3) is 0 Å². The number of nitrogens with zero attached hydrogens (tertiary/aromatic N) is 2. The van der Waals surface area contributed by atoms with Crippen LogP contribution in [0.25, 0.3) is 0 Å². The first-order chi connectivity index (χ1) is 16.5. The van der Waals surface area contributed by atoms with Gasteiger partial charge in [-0.15, -0.1) is 0 Å². The highest BCUT2D eigenvalue weighted by Crippen LogP contribution is 2.48. The maximum Gasteiger partial charge on any atom is 0.248 e. The molecule has 3 saturated heterocycles. The molecule has 2 aromatic carbocycles. The predicted molar refractivity (Wildman–Crippen MR) is 137 cm³/mol. The first-order valence-corrected chi connectivity index (χ1v) is 13.0. The van der Waals surface area contributed by atoms with Crippen LogP contribution in [0.15, 0.2) is 65.4 Å². The highest BCUT2D eigenvalue weighted by atomic mass is 35.5. The standard InChI is InChI=1S/C26H23ClN2O3S2/c27-22-4-2-1-3-21(22)24-23(30)12-26(29(33)25(24)31,17-9-10-34-15-17)16-5-7-18(8-6-16)28-13-20-11-19(28)14-32-20/h1-10,15,19-20,24,33H,11-14H2. The molecular formula is C26H23ClN2O3S2. The normalized spacial score (nSPS) is 28.7. The maximum absolute atomic E-state index is 13.7. The Labute approximate surface area is 212 Å². The predicted octanol–water partition coefficient (Wildman–Crippen LogP) is 5.05. The monoisotopic (exact) mass is 510 g/mol. The van der Waals surface area contributed by atoms with Gasteiger partial charge in [-0.3, -0.25) is 13.9 Å². The van der Waals surface area contributed by atoms with Crippen LogP contribution >= 0.6 is 35.8 Å². The van der Waals surface area contributed by atoms with Crippen molar-refractivity contribution in [1.29, 1.82) is 0 Å². The number of fused-ring (bicyclic) bond motifs is 2. The lowest BCUT2D eigenvalue weighted by Gasteiger charge is -2.46. The van der Waals surface area contributed by atoms with Gasteiger partial charge in [0.1, 0.15) is 11.5 Å². The van der Waals surface area contributed by atoms with Gasteiger partial charge in [-0.25, -0.2) is 0 Å². The van der Waals surface area contributed by atoms with Crippen LogP contribution in [0.2, 0.25) is 5.02 Å². The number of halogens is 1. The van der Waals surface area contributed by atoms with Gasteiger partial charge in [0.05, 0.1) is 18.8 Å². The summed E-state index contributed by atoms with van der Waals surface area (Å²) in [5.41, 5.74) is 2.42. The first kappa shape index (κ1) is 22.2. The van der Waals surface area contributed by atoms with Crippen molar-refractivity contribution in [3.05, 3.63) is 87.1 Å². The third-order valence-corrected chi connectivity index (χ3v) is 8.93. The number of ether oxygens (including phenoxy) is 1. The lowest BCUT2D eigenvalue weighted by molar-refractivity contribution is -0.142. The summed E-state index contributed by atoms with van der Waals surface area (Å²) in [6, 6.07) is 17.6. The number of amides is 1. The Balaban J connectivity index is 1.40. The fraction of sp³-hybridized carbons (Fsp3) is 0.308. The summed E-state index contributed by atoms with van der Waals surface area (Å²) in [5, 5.41) is 4.36. The average Bonchev–Trinajstić information content (AvgIpc) is 3.62. The number of benzene rings is 2. The Hall–Kier alpha value is -2.32. The fourth-order valence-electron chi connectivity index (χ4n) is 5.65. The summed E-state index contributed by atoms with van der Waals surface area (Å²) >= 11 is 12.6. The molecule has 4 atom stereocenters. The van der Waals surface area contributed by atoms with Crippen molar-refractivity contribution < 1.29 is 14.3 Å². The summed E-state index contributed by atoms with van der Waals surface area (Å²) in [6.45, 7) is 1.66. The van der Waals surface area contributed by atoms with Gasteiger partial charge in [-0.05, 0) is 58.1 Å². The van der Waals surface area contributed by atoms with E-state index in [9.17, 15) is 9.59 Å². The van der Waals surface area contributed by atoms with Gasteiger partial charge in [0, 0.05) is 23.7 Å².